The molecule has 0 amide bonds. The molecule has 3 heterocycles. The monoisotopic (exact) mass is 378 g/mol. The van der Waals surface area contributed by atoms with Gasteiger partial charge in [-0.1, -0.05) is 11.2 Å². The van der Waals surface area contributed by atoms with Crippen LogP contribution in [0.2, 0.25) is 0 Å². The maximum atomic E-state index is 13.2. The van der Waals surface area contributed by atoms with Crippen LogP contribution in [0, 0.1) is 0 Å². The predicted molar refractivity (Wildman–Crippen MR) is 92.2 cm³/mol. The number of hydrogen-bond acceptors (Lipinski definition) is 7. The molecule has 1 aliphatic heterocycles. The Balaban J connectivity index is 1.52. The number of alkyl halides is 3. The van der Waals surface area contributed by atoms with E-state index in [0.717, 1.165) is 32.0 Å². The van der Waals surface area contributed by atoms with Gasteiger partial charge in [-0.15, -0.1) is 0 Å². The molecular weight excluding hydrogens is 361 g/mol. The SMILES string of the molecule is Cn1nnnc1N1CCC(Nc2ncnc3c(C(F)(F)F)cccc23)CC1. The molecule has 0 atom stereocenters. The van der Waals surface area contributed by atoms with Crippen molar-refractivity contribution in [3.05, 3.63) is 30.1 Å². The summed E-state index contributed by atoms with van der Waals surface area (Å²) in [6.07, 6.45) is -1.71. The van der Waals surface area contributed by atoms with Gasteiger partial charge in [0.15, 0.2) is 0 Å². The lowest BCUT2D eigenvalue weighted by molar-refractivity contribution is -0.136. The second-order valence-corrected chi connectivity index (χ2v) is 6.43. The molecule has 0 bridgehead atoms. The second kappa shape index (κ2) is 6.63. The van der Waals surface area contributed by atoms with Crippen molar-refractivity contribution in [2.45, 2.75) is 25.1 Å². The van der Waals surface area contributed by atoms with Gasteiger partial charge in [0.25, 0.3) is 0 Å². The molecular formula is C16H17F3N8. The number of nitrogens with zero attached hydrogens (tertiary/aromatic N) is 7. The number of hydrogen-bond donors (Lipinski definition) is 1. The van der Waals surface area contributed by atoms with Crippen molar-refractivity contribution < 1.29 is 13.2 Å². The summed E-state index contributed by atoms with van der Waals surface area (Å²) in [7, 11) is 1.78. The van der Waals surface area contributed by atoms with Crippen LogP contribution in [-0.4, -0.2) is 49.3 Å². The van der Waals surface area contributed by atoms with Gasteiger partial charge in [-0.05, 0) is 35.4 Å². The van der Waals surface area contributed by atoms with Crippen LogP contribution in [0.25, 0.3) is 10.9 Å². The van der Waals surface area contributed by atoms with E-state index in [1.807, 2.05) is 0 Å². The van der Waals surface area contributed by atoms with Gasteiger partial charge in [0, 0.05) is 31.6 Å². The van der Waals surface area contributed by atoms with Crippen molar-refractivity contribution in [1.29, 1.82) is 0 Å². The summed E-state index contributed by atoms with van der Waals surface area (Å²) in [6.45, 7) is 1.48. The molecule has 8 nitrogen and oxygen atoms in total. The second-order valence-electron chi connectivity index (χ2n) is 6.43. The standard InChI is InChI=1S/C16H17F3N8/c1-26-15(23-24-25-26)27-7-5-10(6-8-27)22-14-11-3-2-4-12(16(17,18)19)13(11)20-9-21-14/h2-4,9-10H,5-8H2,1H3,(H,20,21,22). The lowest BCUT2D eigenvalue weighted by atomic mass is 10.0. The minimum atomic E-state index is -4.46. The van der Waals surface area contributed by atoms with Gasteiger partial charge >= 0.3 is 6.18 Å². The minimum Gasteiger partial charge on any atom is -0.367 e. The van der Waals surface area contributed by atoms with E-state index < -0.39 is 11.7 Å². The maximum absolute atomic E-state index is 13.2. The number of nitrogens with one attached hydrogen (secondary N) is 1. The highest BCUT2D eigenvalue weighted by Gasteiger charge is 2.33. The van der Waals surface area contributed by atoms with Crippen LogP contribution >= 0.6 is 0 Å². The van der Waals surface area contributed by atoms with Gasteiger partial charge in [0.2, 0.25) is 5.95 Å². The molecule has 1 saturated heterocycles. The molecule has 3 aromatic rings. The normalized spacial score (nSPS) is 16.1. The van der Waals surface area contributed by atoms with E-state index in [-0.39, 0.29) is 11.6 Å². The topological polar surface area (TPSA) is 84.7 Å². The van der Waals surface area contributed by atoms with E-state index in [4.69, 9.17) is 0 Å². The fourth-order valence-electron chi connectivity index (χ4n) is 3.34. The summed E-state index contributed by atoms with van der Waals surface area (Å²) in [5, 5.41) is 15.1. The van der Waals surface area contributed by atoms with Crippen molar-refractivity contribution in [3.63, 3.8) is 0 Å². The molecule has 1 aliphatic rings. The van der Waals surface area contributed by atoms with E-state index in [0.29, 0.717) is 17.2 Å². The number of tetrazole rings is 1. The molecule has 4 rings (SSSR count). The van der Waals surface area contributed by atoms with Gasteiger partial charge in [-0.3, -0.25) is 0 Å². The van der Waals surface area contributed by atoms with Gasteiger partial charge < -0.3 is 10.2 Å². The van der Waals surface area contributed by atoms with Crippen LogP contribution in [0.1, 0.15) is 18.4 Å². The van der Waals surface area contributed by atoms with Crippen LogP contribution in [0.3, 0.4) is 0 Å². The summed E-state index contributed by atoms with van der Waals surface area (Å²) in [4.78, 5) is 10.1. The molecule has 2 aromatic heterocycles. The summed E-state index contributed by atoms with van der Waals surface area (Å²) in [5.74, 6) is 1.13. The van der Waals surface area contributed by atoms with E-state index in [1.165, 1.54) is 12.4 Å². The lowest BCUT2D eigenvalue weighted by Gasteiger charge is -2.32. The Morgan fingerprint density at radius 1 is 1.15 bits per heavy atom. The Kier molecular flexibility index (Phi) is 4.28. The number of halogens is 3. The highest BCUT2D eigenvalue weighted by atomic mass is 19.4. The number of anilines is 2. The Labute approximate surface area is 152 Å². The third-order valence-electron chi connectivity index (χ3n) is 4.69. The van der Waals surface area contributed by atoms with Crippen LogP contribution in [0.5, 0.6) is 0 Å². The molecule has 0 saturated carbocycles. The number of para-hydroxylation sites is 1. The van der Waals surface area contributed by atoms with Crippen molar-refractivity contribution in [1.82, 2.24) is 30.2 Å². The van der Waals surface area contributed by atoms with Crippen molar-refractivity contribution >= 4 is 22.7 Å². The van der Waals surface area contributed by atoms with Crippen molar-refractivity contribution in [2.75, 3.05) is 23.3 Å². The van der Waals surface area contributed by atoms with E-state index in [2.05, 4.69) is 35.7 Å². The quantitative estimate of drug-likeness (QED) is 0.748. The largest absolute Gasteiger partial charge is 0.418 e. The first-order chi connectivity index (χ1) is 12.9. The number of rotatable bonds is 3. The van der Waals surface area contributed by atoms with Gasteiger partial charge in [0.1, 0.15) is 12.1 Å². The average molecular weight is 378 g/mol. The number of aromatic nitrogens is 6. The summed E-state index contributed by atoms with van der Waals surface area (Å²) < 4.78 is 41.3. The van der Waals surface area contributed by atoms with E-state index in [9.17, 15) is 13.2 Å². The van der Waals surface area contributed by atoms with E-state index >= 15 is 0 Å². The van der Waals surface area contributed by atoms with Crippen LogP contribution in [0.4, 0.5) is 24.9 Å². The molecule has 11 heteroatoms. The highest BCUT2D eigenvalue weighted by molar-refractivity contribution is 5.91. The third-order valence-corrected chi connectivity index (χ3v) is 4.69. The smallest absolute Gasteiger partial charge is 0.367 e. The molecule has 142 valence electrons. The molecule has 1 N–H and O–H groups in total. The predicted octanol–water partition coefficient (Wildman–Crippen LogP) is 2.25. The first-order valence-electron chi connectivity index (χ1n) is 8.48. The molecule has 0 aliphatic carbocycles. The highest BCUT2D eigenvalue weighted by Crippen LogP contribution is 2.35. The number of piperidine rings is 1. The van der Waals surface area contributed by atoms with Crippen molar-refractivity contribution in [2.24, 2.45) is 7.05 Å². The zero-order chi connectivity index (χ0) is 19.0. The van der Waals surface area contributed by atoms with E-state index in [1.54, 1.807) is 17.8 Å². The van der Waals surface area contributed by atoms with Crippen molar-refractivity contribution in [3.8, 4) is 0 Å². The zero-order valence-electron chi connectivity index (χ0n) is 14.5. The van der Waals surface area contributed by atoms with Crippen LogP contribution < -0.4 is 10.2 Å². The fraction of sp³-hybridized carbons (Fsp3) is 0.438. The lowest BCUT2D eigenvalue weighted by Crippen LogP contribution is -2.40. The number of benzene rings is 1. The van der Waals surface area contributed by atoms with Gasteiger partial charge in [-0.2, -0.15) is 13.2 Å². The summed E-state index contributed by atoms with van der Waals surface area (Å²) >= 11 is 0. The zero-order valence-corrected chi connectivity index (χ0v) is 14.5. The van der Waals surface area contributed by atoms with Gasteiger partial charge in [0.05, 0.1) is 11.1 Å². The number of aryl methyl sites for hydroxylation is 1. The van der Waals surface area contributed by atoms with Gasteiger partial charge in [-0.25, -0.2) is 14.6 Å². The Morgan fingerprint density at radius 2 is 1.93 bits per heavy atom. The molecule has 27 heavy (non-hydrogen) atoms. The van der Waals surface area contributed by atoms with Crippen LogP contribution in [-0.2, 0) is 13.2 Å². The Hall–Kier alpha value is -2.98. The third kappa shape index (κ3) is 3.36. The Bertz CT molecular complexity index is 946. The molecule has 0 spiro atoms. The summed E-state index contributed by atoms with van der Waals surface area (Å²) in [6, 6.07) is 4.11. The average Bonchev–Trinajstić information content (AvgIpc) is 3.07. The molecule has 1 fully saturated rings. The van der Waals surface area contributed by atoms with Crippen LogP contribution in [0.15, 0.2) is 24.5 Å². The maximum Gasteiger partial charge on any atom is 0.418 e. The number of fused-ring (bicyclic) bond motifs is 1. The summed E-state index contributed by atoms with van der Waals surface area (Å²) in [5.41, 5.74) is -0.847. The molecule has 0 radical (unpaired) electrons. The first-order valence-corrected chi connectivity index (χ1v) is 8.48. The minimum absolute atomic E-state index is 0.0925. The Morgan fingerprint density at radius 3 is 2.59 bits per heavy atom. The molecule has 1 aromatic carbocycles. The fourth-order valence-corrected chi connectivity index (χ4v) is 3.34. The molecule has 0 unspecified atom stereocenters. The first kappa shape index (κ1) is 17.4.